The molecule has 1 aliphatic heterocycles. The van der Waals surface area contributed by atoms with Crippen LogP contribution < -0.4 is 67.1 Å². The summed E-state index contributed by atoms with van der Waals surface area (Å²) in [7, 11) is 1.67. The van der Waals surface area contributed by atoms with Crippen molar-refractivity contribution in [2.24, 2.45) is 7.05 Å². The summed E-state index contributed by atoms with van der Waals surface area (Å²) < 4.78 is 7.74. The molecule has 1 saturated heterocycles. The molecule has 0 radical (unpaired) electrons. The van der Waals surface area contributed by atoms with Gasteiger partial charge in [0, 0.05) is 7.05 Å². The number of nitroso groups, excluding NO2 is 1. The Morgan fingerprint density at radius 3 is 2.62 bits per heavy atom. The van der Waals surface area contributed by atoms with Crippen LogP contribution in [0.2, 0.25) is 0 Å². The number of carbonyl (C=O) groups excluding carboxylic acids is 1. The third-order valence-corrected chi connectivity index (χ3v) is 5.42. The number of nitrogens with one attached hydrogen (secondary N) is 1. The van der Waals surface area contributed by atoms with Crippen LogP contribution in [0, 0.1) is 4.91 Å². The summed E-state index contributed by atoms with van der Waals surface area (Å²) in [5.74, 6) is 0.867. The fraction of sp³-hybridized carbons (Fsp3) is 0.211. The SMILES string of the molecule is Cn1c(COc2ccc(CC3S[N+](=O)NC3=O)cc2)nc2ccccc2c1=O.[H-].[K+]. The molecule has 1 aliphatic rings. The maximum atomic E-state index is 12.4. The number of hydrogen-bond donors (Lipinski definition) is 1. The van der Waals surface area contributed by atoms with E-state index in [0.717, 1.165) is 17.5 Å². The van der Waals surface area contributed by atoms with Crippen LogP contribution in [0.3, 0.4) is 0 Å². The molecular formula is C19H18KN4O4S+. The molecule has 0 aliphatic carbocycles. The third kappa shape index (κ3) is 4.96. The van der Waals surface area contributed by atoms with Crippen LogP contribution >= 0.6 is 11.9 Å². The van der Waals surface area contributed by atoms with E-state index in [0.29, 0.717) is 33.2 Å². The Balaban J connectivity index is 0.00000160. The molecule has 144 valence electrons. The van der Waals surface area contributed by atoms with Crippen LogP contribution in [0.15, 0.2) is 53.3 Å². The van der Waals surface area contributed by atoms with E-state index in [1.807, 2.05) is 24.3 Å². The van der Waals surface area contributed by atoms with Crippen LogP contribution in [0.4, 0.5) is 0 Å². The van der Waals surface area contributed by atoms with E-state index in [9.17, 15) is 14.5 Å². The van der Waals surface area contributed by atoms with E-state index in [-0.39, 0.29) is 70.9 Å². The molecular weight excluding hydrogens is 419 g/mol. The molecule has 0 spiro atoms. The van der Waals surface area contributed by atoms with Gasteiger partial charge >= 0.3 is 51.4 Å². The number of benzene rings is 2. The van der Waals surface area contributed by atoms with Crippen molar-refractivity contribution in [3.63, 3.8) is 0 Å². The summed E-state index contributed by atoms with van der Waals surface area (Å²) in [6.07, 6.45) is 0.455. The van der Waals surface area contributed by atoms with Crippen molar-refractivity contribution < 1.29 is 66.6 Å². The first-order valence-corrected chi connectivity index (χ1v) is 9.46. The average Bonchev–Trinajstić information content (AvgIpc) is 3.01. The predicted octanol–water partition coefficient (Wildman–Crippen LogP) is -0.988. The van der Waals surface area contributed by atoms with Gasteiger partial charge < -0.3 is 6.16 Å². The summed E-state index contributed by atoms with van der Waals surface area (Å²) in [6, 6.07) is 14.5. The first-order chi connectivity index (χ1) is 13.5. The average molecular weight is 438 g/mol. The number of para-hydroxylation sites is 1. The van der Waals surface area contributed by atoms with Gasteiger partial charge in [0.2, 0.25) is 4.27 Å². The Morgan fingerprint density at radius 2 is 1.93 bits per heavy atom. The molecule has 3 aromatic rings. The molecule has 8 nitrogen and oxygen atoms in total. The number of aromatic nitrogens is 2. The Bertz CT molecular complexity index is 1140. The summed E-state index contributed by atoms with van der Waals surface area (Å²) in [4.78, 5) is 39.7. The zero-order valence-electron chi connectivity index (χ0n) is 17.0. The van der Waals surface area contributed by atoms with Crippen LogP contribution in [0.25, 0.3) is 10.9 Å². The first kappa shape index (κ1) is 22.1. The normalized spacial score (nSPS) is 15.8. The number of carbonyl (C=O) groups is 1. The fourth-order valence-corrected chi connectivity index (χ4v) is 3.75. The van der Waals surface area contributed by atoms with E-state index in [4.69, 9.17) is 4.74 Å². The summed E-state index contributed by atoms with van der Waals surface area (Å²) >= 11 is 0.929. The molecule has 1 fully saturated rings. The molecule has 1 atom stereocenters. The molecule has 1 amide bonds. The van der Waals surface area contributed by atoms with Gasteiger partial charge in [-0.1, -0.05) is 29.7 Å². The zero-order chi connectivity index (χ0) is 19.7. The van der Waals surface area contributed by atoms with Gasteiger partial charge in [0.05, 0.1) is 15.8 Å². The fourth-order valence-electron chi connectivity index (χ4n) is 2.96. The van der Waals surface area contributed by atoms with Crippen molar-refractivity contribution in [3.8, 4) is 5.75 Å². The second-order valence-electron chi connectivity index (χ2n) is 6.37. The molecule has 1 N–H and O–H groups in total. The Labute approximate surface area is 214 Å². The first-order valence-electron chi connectivity index (χ1n) is 8.62. The minimum atomic E-state index is -0.430. The van der Waals surface area contributed by atoms with E-state index in [1.54, 1.807) is 31.3 Å². The molecule has 0 saturated carbocycles. The van der Waals surface area contributed by atoms with Crippen molar-refractivity contribution in [2.75, 3.05) is 0 Å². The third-order valence-electron chi connectivity index (χ3n) is 4.51. The van der Waals surface area contributed by atoms with Crippen LogP contribution in [-0.2, 0) is 24.9 Å². The maximum Gasteiger partial charge on any atom is 1.00 e. The smallest absolute Gasteiger partial charge is 1.00 e. The minimum absolute atomic E-state index is 0. The van der Waals surface area contributed by atoms with Gasteiger partial charge in [0.25, 0.3) is 23.4 Å². The maximum absolute atomic E-state index is 12.4. The van der Waals surface area contributed by atoms with Crippen molar-refractivity contribution in [1.29, 1.82) is 0 Å². The standard InChI is InChI=1S/C19H16N4O4S.K.H/c1-22-17(20-15-5-3-2-4-14(15)19(22)25)11-27-13-8-6-12(7-9-13)10-16-18(24)21-23(26)28-16;;/h2-9,16H,10-11H2,1H3;;/q;+1;-1/p+1. The van der Waals surface area contributed by atoms with Crippen molar-refractivity contribution in [1.82, 2.24) is 15.0 Å². The van der Waals surface area contributed by atoms with Crippen LogP contribution in [-0.4, -0.2) is 25.0 Å². The molecule has 1 aromatic heterocycles. The van der Waals surface area contributed by atoms with Crippen LogP contribution in [0.5, 0.6) is 5.75 Å². The second-order valence-corrected chi connectivity index (χ2v) is 7.48. The molecule has 2 heterocycles. The second kappa shape index (κ2) is 9.50. The zero-order valence-corrected chi connectivity index (χ0v) is 19.9. The number of nitrogens with zero attached hydrogens (tertiary/aromatic N) is 3. The largest absolute Gasteiger partial charge is 1.00 e. The van der Waals surface area contributed by atoms with Gasteiger partial charge in [0.15, 0.2) is 5.25 Å². The van der Waals surface area contributed by atoms with Crippen LogP contribution in [0.1, 0.15) is 12.8 Å². The number of rotatable bonds is 5. The molecule has 2 aromatic carbocycles. The summed E-state index contributed by atoms with van der Waals surface area (Å²) in [5.41, 5.74) is 3.65. The van der Waals surface area contributed by atoms with E-state index < -0.39 is 5.25 Å². The number of amides is 1. The monoisotopic (exact) mass is 437 g/mol. The summed E-state index contributed by atoms with van der Waals surface area (Å²) in [5, 5.41) is 0.143. The van der Waals surface area contributed by atoms with Gasteiger partial charge in [-0.2, -0.15) is 0 Å². The topological polar surface area (TPSA) is 93.3 Å². The Kier molecular flexibility index (Phi) is 7.25. The van der Waals surface area contributed by atoms with Gasteiger partial charge in [-0.15, -0.1) is 0 Å². The quantitative estimate of drug-likeness (QED) is 0.313. The van der Waals surface area contributed by atoms with E-state index in [1.165, 1.54) is 4.57 Å². The van der Waals surface area contributed by atoms with Gasteiger partial charge in [-0.3, -0.25) is 14.2 Å². The molecule has 4 rings (SSSR count). The van der Waals surface area contributed by atoms with Gasteiger partial charge in [0.1, 0.15) is 18.2 Å². The number of hydrogen-bond acceptors (Lipinski definition) is 6. The van der Waals surface area contributed by atoms with Crippen molar-refractivity contribution in [2.45, 2.75) is 18.3 Å². The number of fused-ring (bicyclic) bond motifs is 1. The summed E-state index contributed by atoms with van der Waals surface area (Å²) in [6.45, 7) is 0.155. The molecule has 1 unspecified atom stereocenters. The van der Waals surface area contributed by atoms with Crippen molar-refractivity contribution >= 4 is 28.8 Å². The number of hydrazine groups is 1. The molecule has 29 heavy (non-hydrogen) atoms. The Hall–Kier alpha value is -1.56. The predicted molar refractivity (Wildman–Crippen MR) is 106 cm³/mol. The minimum Gasteiger partial charge on any atom is -1.00 e. The van der Waals surface area contributed by atoms with Gasteiger partial charge in [-0.05, 0) is 36.2 Å². The molecule has 0 bridgehead atoms. The van der Waals surface area contributed by atoms with E-state index >= 15 is 0 Å². The van der Waals surface area contributed by atoms with Gasteiger partial charge in [-0.25, -0.2) is 4.98 Å². The van der Waals surface area contributed by atoms with E-state index in [2.05, 4.69) is 10.4 Å². The van der Waals surface area contributed by atoms with Crippen molar-refractivity contribution in [3.05, 3.63) is 75.2 Å². The number of ether oxygens (including phenoxy) is 1. The molecule has 10 heteroatoms. The Morgan fingerprint density at radius 1 is 1.21 bits per heavy atom.